The second-order valence-electron chi connectivity index (χ2n) is 5.90. The Kier molecular flexibility index (Phi) is 6.25. The molecule has 0 atom stereocenters. The van der Waals surface area contributed by atoms with Crippen molar-refractivity contribution in [2.75, 3.05) is 7.11 Å². The first kappa shape index (κ1) is 19.0. The van der Waals surface area contributed by atoms with Crippen molar-refractivity contribution in [1.82, 2.24) is 5.43 Å². The predicted octanol–water partition coefficient (Wildman–Crippen LogP) is 3.74. The first-order valence-corrected chi connectivity index (χ1v) is 8.63. The zero-order valence-corrected chi connectivity index (χ0v) is 15.3. The number of benzene rings is 3. The van der Waals surface area contributed by atoms with Gasteiger partial charge in [0.2, 0.25) is 0 Å². The van der Waals surface area contributed by atoms with E-state index in [9.17, 15) is 9.90 Å². The Morgan fingerprint density at radius 3 is 2.54 bits per heavy atom. The average Bonchev–Trinajstić information content (AvgIpc) is 2.73. The monoisotopic (exact) mass is 376 g/mol. The van der Waals surface area contributed by atoms with E-state index in [1.165, 1.54) is 19.4 Å². The van der Waals surface area contributed by atoms with Crippen molar-refractivity contribution >= 4 is 12.1 Å². The van der Waals surface area contributed by atoms with E-state index in [-0.39, 0.29) is 5.75 Å². The summed E-state index contributed by atoms with van der Waals surface area (Å²) in [6.07, 6.45) is 1.44. The van der Waals surface area contributed by atoms with Crippen LogP contribution >= 0.6 is 0 Å². The quantitative estimate of drug-likeness (QED) is 0.486. The van der Waals surface area contributed by atoms with Crippen LogP contribution < -0.4 is 14.9 Å². The Hall–Kier alpha value is -3.80. The number of nitrogens with one attached hydrogen (secondary N) is 1. The van der Waals surface area contributed by atoms with Gasteiger partial charge in [0.1, 0.15) is 12.4 Å². The Morgan fingerprint density at radius 2 is 1.79 bits per heavy atom. The van der Waals surface area contributed by atoms with Gasteiger partial charge in [-0.15, -0.1) is 0 Å². The molecule has 0 aliphatic rings. The molecule has 28 heavy (non-hydrogen) atoms. The lowest BCUT2D eigenvalue weighted by molar-refractivity contribution is 0.0950. The lowest BCUT2D eigenvalue weighted by atomic mass is 10.2. The van der Waals surface area contributed by atoms with E-state index in [0.29, 0.717) is 29.2 Å². The minimum Gasteiger partial charge on any atom is -0.504 e. The van der Waals surface area contributed by atoms with E-state index < -0.39 is 5.91 Å². The zero-order chi connectivity index (χ0) is 19.8. The van der Waals surface area contributed by atoms with E-state index in [4.69, 9.17) is 9.47 Å². The molecule has 0 aliphatic carbocycles. The number of hydrazone groups is 1. The van der Waals surface area contributed by atoms with Crippen LogP contribution in [0.15, 0.2) is 77.9 Å². The molecule has 2 N–H and O–H groups in total. The van der Waals surface area contributed by atoms with Gasteiger partial charge in [-0.1, -0.05) is 42.5 Å². The molecule has 0 spiro atoms. The Bertz CT molecular complexity index is 971. The van der Waals surface area contributed by atoms with Gasteiger partial charge in [0.05, 0.1) is 18.9 Å². The van der Waals surface area contributed by atoms with Crippen LogP contribution in [-0.4, -0.2) is 24.3 Å². The zero-order valence-electron chi connectivity index (χ0n) is 15.3. The van der Waals surface area contributed by atoms with Crippen molar-refractivity contribution in [3.8, 4) is 17.2 Å². The van der Waals surface area contributed by atoms with Crippen LogP contribution in [0.4, 0.5) is 0 Å². The smallest absolute Gasteiger partial charge is 0.275 e. The molecular formula is C22H20N2O4. The summed E-state index contributed by atoms with van der Waals surface area (Å²) >= 11 is 0. The molecule has 1 amide bonds. The summed E-state index contributed by atoms with van der Waals surface area (Å²) in [6, 6.07) is 21.5. The van der Waals surface area contributed by atoms with E-state index >= 15 is 0 Å². The van der Waals surface area contributed by atoms with Gasteiger partial charge in [0, 0.05) is 0 Å². The number of carbonyl (C=O) groups excluding carboxylic acids is 1. The molecule has 0 fully saturated rings. The normalized spacial score (nSPS) is 10.6. The molecule has 0 aliphatic heterocycles. The molecule has 6 heteroatoms. The molecule has 6 nitrogen and oxygen atoms in total. The summed E-state index contributed by atoms with van der Waals surface area (Å²) in [6.45, 7) is 0.361. The van der Waals surface area contributed by atoms with Gasteiger partial charge in [0.25, 0.3) is 5.91 Å². The highest BCUT2D eigenvalue weighted by Crippen LogP contribution is 2.25. The molecule has 3 rings (SSSR count). The topological polar surface area (TPSA) is 80.2 Å². The van der Waals surface area contributed by atoms with Crippen molar-refractivity contribution in [3.05, 3.63) is 89.5 Å². The van der Waals surface area contributed by atoms with Gasteiger partial charge in [-0.2, -0.15) is 5.10 Å². The van der Waals surface area contributed by atoms with Crippen LogP contribution in [0.25, 0.3) is 0 Å². The first-order chi connectivity index (χ1) is 13.7. The number of para-hydroxylation sites is 1. The number of phenolic OH excluding ortho intramolecular Hbond substituents is 1. The number of ether oxygens (including phenoxy) is 2. The second kappa shape index (κ2) is 9.23. The van der Waals surface area contributed by atoms with Crippen LogP contribution in [0.1, 0.15) is 21.5 Å². The Morgan fingerprint density at radius 1 is 1.04 bits per heavy atom. The van der Waals surface area contributed by atoms with E-state index in [1.807, 2.05) is 30.3 Å². The van der Waals surface area contributed by atoms with Gasteiger partial charge in [-0.05, 0) is 41.5 Å². The number of hydrogen-bond donors (Lipinski definition) is 2. The van der Waals surface area contributed by atoms with Gasteiger partial charge >= 0.3 is 0 Å². The van der Waals surface area contributed by atoms with Gasteiger partial charge in [0.15, 0.2) is 11.5 Å². The molecule has 0 heterocycles. The molecule has 0 saturated carbocycles. The molecule has 0 aromatic heterocycles. The van der Waals surface area contributed by atoms with Gasteiger partial charge < -0.3 is 14.6 Å². The van der Waals surface area contributed by atoms with Crippen LogP contribution in [0.3, 0.4) is 0 Å². The maximum absolute atomic E-state index is 12.5. The van der Waals surface area contributed by atoms with Crippen molar-refractivity contribution < 1.29 is 19.4 Å². The van der Waals surface area contributed by atoms with Crippen LogP contribution in [0.5, 0.6) is 17.2 Å². The fraction of sp³-hybridized carbons (Fsp3) is 0.0909. The fourth-order valence-electron chi connectivity index (χ4n) is 2.53. The largest absolute Gasteiger partial charge is 0.504 e. The van der Waals surface area contributed by atoms with Crippen molar-refractivity contribution in [2.45, 2.75) is 6.61 Å². The summed E-state index contributed by atoms with van der Waals surface area (Å²) in [5, 5.41) is 13.7. The fourth-order valence-corrected chi connectivity index (χ4v) is 2.53. The van der Waals surface area contributed by atoms with Crippen LogP contribution in [-0.2, 0) is 6.61 Å². The maximum Gasteiger partial charge on any atom is 0.275 e. The lowest BCUT2D eigenvalue weighted by Gasteiger charge is -2.10. The van der Waals surface area contributed by atoms with E-state index in [1.54, 1.807) is 36.4 Å². The Balaban J connectivity index is 1.65. The van der Waals surface area contributed by atoms with E-state index in [0.717, 1.165) is 5.56 Å². The minimum absolute atomic E-state index is 0.00238. The van der Waals surface area contributed by atoms with Crippen LogP contribution in [0, 0.1) is 0 Å². The molecular weight excluding hydrogens is 356 g/mol. The molecule has 0 radical (unpaired) electrons. The number of rotatable bonds is 7. The number of carbonyl (C=O) groups is 1. The predicted molar refractivity (Wildman–Crippen MR) is 107 cm³/mol. The number of amides is 1. The molecule has 0 unspecified atom stereocenters. The van der Waals surface area contributed by atoms with Crippen molar-refractivity contribution in [1.29, 1.82) is 0 Å². The summed E-state index contributed by atoms with van der Waals surface area (Å²) < 4.78 is 10.8. The standard InChI is InChI=1S/C22H20N2O4/c1-27-21-12-11-17(13-19(21)25)14-23-24-22(26)18-9-5-6-10-20(18)28-15-16-7-3-2-4-8-16/h2-14,25H,15H2,1H3,(H,24,26)/b23-14-. The van der Waals surface area contributed by atoms with Gasteiger partial charge in [-0.25, -0.2) is 5.43 Å². The summed E-state index contributed by atoms with van der Waals surface area (Å²) in [7, 11) is 1.47. The molecule has 142 valence electrons. The van der Waals surface area contributed by atoms with Crippen LogP contribution in [0.2, 0.25) is 0 Å². The Labute approximate surface area is 163 Å². The third-order valence-electron chi connectivity index (χ3n) is 3.95. The summed E-state index contributed by atoms with van der Waals surface area (Å²) in [5.41, 5.74) is 4.48. The van der Waals surface area contributed by atoms with Crippen molar-refractivity contribution in [3.63, 3.8) is 0 Å². The van der Waals surface area contributed by atoms with E-state index in [2.05, 4.69) is 10.5 Å². The first-order valence-electron chi connectivity index (χ1n) is 8.63. The summed E-state index contributed by atoms with van der Waals surface area (Å²) in [4.78, 5) is 12.5. The number of phenols is 1. The number of hydrogen-bond acceptors (Lipinski definition) is 5. The number of nitrogens with zero attached hydrogens (tertiary/aromatic N) is 1. The molecule has 3 aromatic carbocycles. The SMILES string of the molecule is COc1ccc(/C=N\NC(=O)c2ccccc2OCc2ccccc2)cc1O. The third-order valence-corrected chi connectivity index (χ3v) is 3.95. The molecule has 3 aromatic rings. The lowest BCUT2D eigenvalue weighted by Crippen LogP contribution is -2.18. The minimum atomic E-state index is -0.391. The average molecular weight is 376 g/mol. The molecule has 0 bridgehead atoms. The second-order valence-corrected chi connectivity index (χ2v) is 5.90. The third kappa shape index (κ3) is 4.88. The maximum atomic E-state index is 12.5. The molecule has 0 saturated heterocycles. The highest BCUT2D eigenvalue weighted by atomic mass is 16.5. The highest BCUT2D eigenvalue weighted by molar-refractivity contribution is 5.97. The number of aromatic hydroxyl groups is 1. The number of methoxy groups -OCH3 is 1. The van der Waals surface area contributed by atoms with Gasteiger partial charge in [-0.3, -0.25) is 4.79 Å². The highest BCUT2D eigenvalue weighted by Gasteiger charge is 2.11. The summed E-state index contributed by atoms with van der Waals surface area (Å²) in [5.74, 6) is 0.446. The van der Waals surface area contributed by atoms with Crippen molar-refractivity contribution in [2.24, 2.45) is 5.10 Å².